The summed E-state index contributed by atoms with van der Waals surface area (Å²) in [4.78, 5) is 33.1. The number of carbonyl (C=O) groups is 1. The lowest BCUT2D eigenvalue weighted by atomic mass is 9.89. The van der Waals surface area contributed by atoms with E-state index in [1.54, 1.807) is 30.4 Å². The van der Waals surface area contributed by atoms with Crippen molar-refractivity contribution in [2.24, 2.45) is 11.8 Å². The molecule has 1 aromatic carbocycles. The van der Waals surface area contributed by atoms with Crippen LogP contribution in [0, 0.1) is 11.8 Å². The Hall–Kier alpha value is -3.60. The lowest BCUT2D eigenvalue weighted by Gasteiger charge is -2.27. The highest BCUT2D eigenvalue weighted by Gasteiger charge is 2.72. The number of sulfonamides is 1. The molecule has 6 rings (SSSR count). The van der Waals surface area contributed by atoms with Crippen LogP contribution < -0.4 is 14.4 Å². The molecule has 0 bridgehead atoms. The Morgan fingerprint density at radius 1 is 1.11 bits per heavy atom. The summed E-state index contributed by atoms with van der Waals surface area (Å²) in [6.07, 6.45) is 8.91. The van der Waals surface area contributed by atoms with Gasteiger partial charge in [0.1, 0.15) is 12.1 Å². The van der Waals surface area contributed by atoms with Crippen molar-refractivity contribution in [3.05, 3.63) is 54.7 Å². The average Bonchev–Trinajstić information content (AvgIpc) is 3.84. The number of rotatable bonds is 9. The molecular weight excluding hydrogens is 504 g/mol. The summed E-state index contributed by atoms with van der Waals surface area (Å²) in [6, 6.07) is 9.26. The van der Waals surface area contributed by atoms with Crippen molar-refractivity contribution in [2.45, 2.75) is 49.7 Å². The Bertz CT molecular complexity index is 1460. The van der Waals surface area contributed by atoms with Crippen LogP contribution in [0.15, 0.2) is 49.1 Å². The van der Waals surface area contributed by atoms with Gasteiger partial charge in [-0.15, -0.1) is 0 Å². The second-order valence-corrected chi connectivity index (χ2v) is 12.2. The molecule has 11 heteroatoms. The largest absolute Gasteiger partial charge is 0.477 e. The third-order valence-corrected chi connectivity index (χ3v) is 9.83. The fourth-order valence-corrected chi connectivity index (χ4v) is 7.29. The van der Waals surface area contributed by atoms with E-state index < -0.39 is 15.4 Å². The van der Waals surface area contributed by atoms with E-state index in [1.807, 2.05) is 31.2 Å². The van der Waals surface area contributed by atoms with E-state index >= 15 is 0 Å². The fraction of sp³-hybridized carbons (Fsp3) is 0.444. The molecular formula is C27H30N6O4S. The Morgan fingerprint density at radius 3 is 2.53 bits per heavy atom. The molecule has 1 amide bonds. The number of nitrogens with one attached hydrogen (secondary N) is 1. The van der Waals surface area contributed by atoms with Crippen LogP contribution >= 0.6 is 0 Å². The van der Waals surface area contributed by atoms with Crippen molar-refractivity contribution in [3.63, 3.8) is 0 Å². The molecule has 2 heterocycles. The first-order chi connectivity index (χ1) is 18.3. The number of amides is 1. The standard InChI is InChI=1S/C27H30N6O4S/c1-3-37-25-15-28-14-22(31-25)17-7-9-18(10-8-17)33(2)26(34)27(20-5-4-6-21(20)27)23-13-24(30-16-29-23)32-38(35,36)19-11-12-19/h7-10,13-16,19-21H,3-6,11-12H2,1-2H3,(H,29,30,32)/t20-,21+,27?. The monoisotopic (exact) mass is 534 g/mol. The number of carbonyl (C=O) groups excluding carboxylic acids is 1. The maximum absolute atomic E-state index is 14.1. The van der Waals surface area contributed by atoms with Gasteiger partial charge in [-0.25, -0.2) is 23.4 Å². The molecule has 3 fully saturated rings. The molecule has 0 spiro atoms. The quantitative estimate of drug-likeness (QED) is 0.441. The van der Waals surface area contributed by atoms with Gasteiger partial charge in [0.05, 0.1) is 41.1 Å². The van der Waals surface area contributed by atoms with Gasteiger partial charge >= 0.3 is 0 Å². The van der Waals surface area contributed by atoms with Gasteiger partial charge in [0.15, 0.2) is 0 Å². The molecule has 1 N–H and O–H groups in total. The Morgan fingerprint density at radius 2 is 1.84 bits per heavy atom. The molecule has 10 nitrogen and oxygen atoms in total. The summed E-state index contributed by atoms with van der Waals surface area (Å²) in [7, 11) is -1.69. The zero-order valence-electron chi connectivity index (χ0n) is 21.4. The van der Waals surface area contributed by atoms with Gasteiger partial charge in [0.25, 0.3) is 0 Å². The zero-order valence-corrected chi connectivity index (χ0v) is 22.2. The predicted molar refractivity (Wildman–Crippen MR) is 142 cm³/mol. The minimum Gasteiger partial charge on any atom is -0.477 e. The Labute approximate surface area is 221 Å². The summed E-state index contributed by atoms with van der Waals surface area (Å²) in [5.74, 6) is 1.04. The van der Waals surface area contributed by atoms with Gasteiger partial charge in [-0.1, -0.05) is 18.6 Å². The van der Waals surface area contributed by atoms with E-state index in [-0.39, 0.29) is 28.8 Å². The van der Waals surface area contributed by atoms with Crippen LogP contribution in [0.5, 0.6) is 5.88 Å². The van der Waals surface area contributed by atoms with E-state index in [4.69, 9.17) is 4.74 Å². The number of hydrogen-bond donors (Lipinski definition) is 1. The number of nitrogens with zero attached hydrogens (tertiary/aromatic N) is 5. The molecule has 3 atom stereocenters. The first-order valence-electron chi connectivity index (χ1n) is 13.0. The molecule has 0 saturated heterocycles. The summed E-state index contributed by atoms with van der Waals surface area (Å²) in [6.45, 7) is 2.40. The minimum absolute atomic E-state index is 0.0345. The summed E-state index contributed by atoms with van der Waals surface area (Å²) in [5.41, 5.74) is 2.12. The highest BCUT2D eigenvalue weighted by atomic mass is 32.2. The van der Waals surface area contributed by atoms with E-state index in [0.29, 0.717) is 36.7 Å². The Kier molecular flexibility index (Phi) is 6.05. The second-order valence-electron chi connectivity index (χ2n) is 10.2. The van der Waals surface area contributed by atoms with Crippen molar-refractivity contribution in [1.29, 1.82) is 0 Å². The number of aromatic nitrogens is 4. The summed E-state index contributed by atoms with van der Waals surface area (Å²) < 4.78 is 33.0. The van der Waals surface area contributed by atoms with Crippen molar-refractivity contribution in [1.82, 2.24) is 19.9 Å². The third-order valence-electron chi connectivity index (χ3n) is 7.99. The average molecular weight is 535 g/mol. The summed E-state index contributed by atoms with van der Waals surface area (Å²) in [5, 5.41) is -0.362. The van der Waals surface area contributed by atoms with Gasteiger partial charge in [0, 0.05) is 24.4 Å². The fourth-order valence-electron chi connectivity index (χ4n) is 5.96. The topological polar surface area (TPSA) is 127 Å². The first kappa shape index (κ1) is 24.7. The maximum Gasteiger partial charge on any atom is 0.239 e. The Balaban J connectivity index is 1.27. The van der Waals surface area contributed by atoms with E-state index in [9.17, 15) is 13.2 Å². The molecule has 3 saturated carbocycles. The van der Waals surface area contributed by atoms with E-state index in [0.717, 1.165) is 30.5 Å². The van der Waals surface area contributed by atoms with Crippen molar-refractivity contribution in [2.75, 3.05) is 23.3 Å². The van der Waals surface area contributed by atoms with Crippen molar-refractivity contribution >= 4 is 27.4 Å². The van der Waals surface area contributed by atoms with Gasteiger partial charge in [-0.2, -0.15) is 0 Å². The van der Waals surface area contributed by atoms with E-state index in [1.165, 1.54) is 6.33 Å². The van der Waals surface area contributed by atoms with Gasteiger partial charge in [-0.05, 0) is 56.6 Å². The minimum atomic E-state index is -3.47. The number of ether oxygens (including phenoxy) is 1. The van der Waals surface area contributed by atoms with Crippen molar-refractivity contribution in [3.8, 4) is 17.1 Å². The SMILES string of the molecule is CCOc1cncc(-c2ccc(N(C)C(=O)C3(c4cc(NS(=O)(=O)C5CC5)ncn4)[C@@H]4CCC[C@@H]43)cc2)n1. The van der Waals surface area contributed by atoms with E-state index in [2.05, 4.69) is 24.7 Å². The first-order valence-corrected chi connectivity index (χ1v) is 14.6. The van der Waals surface area contributed by atoms with Gasteiger partial charge < -0.3 is 9.64 Å². The lowest BCUT2D eigenvalue weighted by Crippen LogP contribution is -2.40. The zero-order chi connectivity index (χ0) is 26.5. The smallest absolute Gasteiger partial charge is 0.239 e. The number of anilines is 2. The van der Waals surface area contributed by atoms with Crippen LogP contribution in [0.25, 0.3) is 11.3 Å². The highest BCUT2D eigenvalue weighted by molar-refractivity contribution is 7.93. The summed E-state index contributed by atoms with van der Waals surface area (Å²) >= 11 is 0. The van der Waals surface area contributed by atoms with Crippen molar-refractivity contribution < 1.29 is 17.9 Å². The number of likely N-dealkylation sites (N-methyl/N-ethyl adjacent to an activating group) is 1. The maximum atomic E-state index is 14.1. The molecule has 3 aromatic rings. The van der Waals surface area contributed by atoms with Crippen LogP contribution in [0.1, 0.15) is 44.7 Å². The second kappa shape index (κ2) is 9.30. The molecule has 1 unspecified atom stereocenters. The number of fused-ring (bicyclic) bond motifs is 1. The van der Waals surface area contributed by atoms with Crippen LogP contribution in [0.2, 0.25) is 0 Å². The number of hydrogen-bond acceptors (Lipinski definition) is 8. The molecule has 3 aliphatic rings. The molecule has 198 valence electrons. The van der Waals surface area contributed by atoms with Gasteiger partial charge in [-0.3, -0.25) is 14.5 Å². The molecule has 38 heavy (non-hydrogen) atoms. The number of benzene rings is 1. The van der Waals surface area contributed by atoms with Crippen LogP contribution in [0.3, 0.4) is 0 Å². The van der Waals surface area contributed by atoms with Crippen LogP contribution in [-0.2, 0) is 20.2 Å². The molecule has 3 aliphatic carbocycles. The predicted octanol–water partition coefficient (Wildman–Crippen LogP) is 3.57. The van der Waals surface area contributed by atoms with Crippen LogP contribution in [-0.4, -0.2) is 53.2 Å². The lowest BCUT2D eigenvalue weighted by molar-refractivity contribution is -0.121. The molecule has 0 aliphatic heterocycles. The van der Waals surface area contributed by atoms with Gasteiger partial charge in [0.2, 0.25) is 21.8 Å². The third kappa shape index (κ3) is 4.18. The van der Waals surface area contributed by atoms with Crippen LogP contribution in [0.4, 0.5) is 11.5 Å². The highest BCUT2D eigenvalue weighted by Crippen LogP contribution is 2.68. The normalized spacial score (nSPS) is 23.9. The molecule has 2 aromatic heterocycles. The molecule has 0 radical (unpaired) electrons.